The van der Waals surface area contributed by atoms with E-state index in [2.05, 4.69) is 20.5 Å². The fourth-order valence-corrected chi connectivity index (χ4v) is 2.06. The second kappa shape index (κ2) is 5.02. The molecule has 0 unspecified atom stereocenters. The predicted molar refractivity (Wildman–Crippen MR) is 81.3 cm³/mol. The first-order chi connectivity index (χ1) is 10.1. The standard InChI is InChI=1S/C14H16N6O/c1-8-4-6-10(7-5-8)13-19-20(3)12-11(21-13)9(2)16-14(17-12)18-15/h4-7H,15H2,1-3H3,(H,16,17,18). The smallest absolute Gasteiger partial charge is 0.244 e. The van der Waals surface area contributed by atoms with E-state index in [1.165, 1.54) is 5.56 Å². The van der Waals surface area contributed by atoms with Gasteiger partial charge in [-0.05, 0) is 26.0 Å². The van der Waals surface area contributed by atoms with E-state index in [0.717, 1.165) is 5.56 Å². The summed E-state index contributed by atoms with van der Waals surface area (Å²) < 4.78 is 5.87. The van der Waals surface area contributed by atoms with Crippen molar-refractivity contribution in [2.45, 2.75) is 13.8 Å². The Hall–Kier alpha value is -2.67. The molecular formula is C14H16N6O. The lowest BCUT2D eigenvalue weighted by Crippen LogP contribution is -2.27. The molecule has 1 aromatic carbocycles. The van der Waals surface area contributed by atoms with Crippen LogP contribution in [0.4, 0.5) is 11.8 Å². The summed E-state index contributed by atoms with van der Waals surface area (Å²) in [6.07, 6.45) is 0. The molecule has 2 heterocycles. The fourth-order valence-electron chi connectivity index (χ4n) is 2.06. The number of hydrazine groups is 1. The minimum atomic E-state index is 0.329. The molecule has 0 saturated heterocycles. The quantitative estimate of drug-likeness (QED) is 0.643. The average Bonchev–Trinajstić information content (AvgIpc) is 2.48. The number of hydrogen-bond donors (Lipinski definition) is 2. The second-order valence-electron chi connectivity index (χ2n) is 4.83. The summed E-state index contributed by atoms with van der Waals surface area (Å²) in [6, 6.07) is 7.97. The number of nitrogen functional groups attached to an aromatic ring is 1. The van der Waals surface area contributed by atoms with Crippen LogP contribution in [0.2, 0.25) is 0 Å². The van der Waals surface area contributed by atoms with Gasteiger partial charge < -0.3 is 4.74 Å². The Labute approximate surface area is 122 Å². The highest BCUT2D eigenvalue weighted by molar-refractivity contribution is 5.98. The summed E-state index contributed by atoms with van der Waals surface area (Å²) in [5.41, 5.74) is 5.21. The molecule has 3 N–H and O–H groups in total. The summed E-state index contributed by atoms with van der Waals surface area (Å²) in [5.74, 6) is 7.37. The predicted octanol–water partition coefficient (Wildman–Crippen LogP) is 1.57. The molecule has 0 bridgehead atoms. The highest BCUT2D eigenvalue weighted by atomic mass is 16.5. The maximum Gasteiger partial charge on any atom is 0.244 e. The number of benzene rings is 1. The zero-order valence-electron chi connectivity index (χ0n) is 12.1. The van der Waals surface area contributed by atoms with Crippen LogP contribution >= 0.6 is 0 Å². The number of fused-ring (bicyclic) bond motifs is 1. The van der Waals surface area contributed by atoms with Crippen LogP contribution in [0, 0.1) is 13.8 Å². The number of anilines is 2. The van der Waals surface area contributed by atoms with E-state index >= 15 is 0 Å². The Morgan fingerprint density at radius 3 is 2.52 bits per heavy atom. The molecule has 0 aliphatic carbocycles. The lowest BCUT2D eigenvalue weighted by molar-refractivity contribution is 0.519. The third-order valence-electron chi connectivity index (χ3n) is 3.19. The molecule has 3 rings (SSSR count). The number of nitrogens with one attached hydrogen (secondary N) is 1. The van der Waals surface area contributed by atoms with Crippen molar-refractivity contribution in [2.24, 2.45) is 10.9 Å². The minimum absolute atomic E-state index is 0.329. The molecule has 7 heteroatoms. The molecule has 1 aliphatic rings. The maximum absolute atomic E-state index is 5.87. The lowest BCUT2D eigenvalue weighted by Gasteiger charge is -2.24. The molecule has 0 fully saturated rings. The van der Waals surface area contributed by atoms with Crippen LogP contribution in [0.3, 0.4) is 0 Å². The van der Waals surface area contributed by atoms with Gasteiger partial charge in [0.05, 0.1) is 5.69 Å². The zero-order chi connectivity index (χ0) is 15.0. The Kier molecular flexibility index (Phi) is 3.19. The molecule has 2 aromatic rings. The first-order valence-corrected chi connectivity index (χ1v) is 6.51. The molecule has 0 atom stereocenters. The van der Waals surface area contributed by atoms with Gasteiger partial charge in [0.15, 0.2) is 11.6 Å². The van der Waals surface area contributed by atoms with Gasteiger partial charge in [0.2, 0.25) is 11.8 Å². The van der Waals surface area contributed by atoms with E-state index in [-0.39, 0.29) is 0 Å². The van der Waals surface area contributed by atoms with Crippen molar-refractivity contribution in [3.63, 3.8) is 0 Å². The molecule has 1 aliphatic heterocycles. The first-order valence-electron chi connectivity index (χ1n) is 6.51. The number of aromatic nitrogens is 2. The highest BCUT2D eigenvalue weighted by Crippen LogP contribution is 2.33. The molecule has 7 nitrogen and oxygen atoms in total. The number of rotatable bonds is 2. The van der Waals surface area contributed by atoms with E-state index in [1.54, 1.807) is 5.01 Å². The van der Waals surface area contributed by atoms with Crippen molar-refractivity contribution < 1.29 is 4.74 Å². The summed E-state index contributed by atoms with van der Waals surface area (Å²) in [5, 5.41) is 6.07. The first kappa shape index (κ1) is 13.3. The number of nitrogens with zero attached hydrogens (tertiary/aromatic N) is 4. The van der Waals surface area contributed by atoms with Crippen molar-refractivity contribution in [1.29, 1.82) is 0 Å². The van der Waals surface area contributed by atoms with Gasteiger partial charge >= 0.3 is 0 Å². The van der Waals surface area contributed by atoms with Crippen molar-refractivity contribution in [2.75, 3.05) is 17.5 Å². The van der Waals surface area contributed by atoms with E-state index in [1.807, 2.05) is 45.2 Å². The van der Waals surface area contributed by atoms with Crippen LogP contribution in [-0.2, 0) is 0 Å². The van der Waals surface area contributed by atoms with Crippen molar-refractivity contribution >= 4 is 17.7 Å². The topological polar surface area (TPSA) is 88.7 Å². The van der Waals surface area contributed by atoms with E-state index in [9.17, 15) is 0 Å². The maximum atomic E-state index is 5.87. The largest absolute Gasteiger partial charge is 0.431 e. The van der Waals surface area contributed by atoms with Crippen LogP contribution in [0.1, 0.15) is 16.8 Å². The number of hydrazone groups is 1. The number of nitrogens with two attached hydrogens (primary N) is 1. The number of aryl methyl sites for hydroxylation is 2. The van der Waals surface area contributed by atoms with Gasteiger partial charge in [0.1, 0.15) is 0 Å². The molecule has 1 aromatic heterocycles. The molecular weight excluding hydrogens is 268 g/mol. The normalized spacial score (nSPS) is 13.3. The summed E-state index contributed by atoms with van der Waals surface area (Å²) in [7, 11) is 1.81. The van der Waals surface area contributed by atoms with Crippen LogP contribution in [0.15, 0.2) is 29.4 Å². The molecule has 0 amide bonds. The van der Waals surface area contributed by atoms with Crippen molar-refractivity contribution in [1.82, 2.24) is 9.97 Å². The van der Waals surface area contributed by atoms with Gasteiger partial charge in [-0.25, -0.2) is 15.8 Å². The summed E-state index contributed by atoms with van der Waals surface area (Å²) >= 11 is 0. The van der Waals surface area contributed by atoms with Gasteiger partial charge in [-0.3, -0.25) is 5.43 Å². The van der Waals surface area contributed by atoms with Gasteiger partial charge in [-0.15, -0.1) is 5.10 Å². The van der Waals surface area contributed by atoms with Gasteiger partial charge in [-0.2, -0.15) is 4.98 Å². The summed E-state index contributed by atoms with van der Waals surface area (Å²) in [6.45, 7) is 3.88. The monoisotopic (exact) mass is 284 g/mol. The van der Waals surface area contributed by atoms with Crippen molar-refractivity contribution in [3.8, 4) is 5.75 Å². The van der Waals surface area contributed by atoms with Gasteiger partial charge in [0, 0.05) is 12.6 Å². The molecule has 0 spiro atoms. The van der Waals surface area contributed by atoms with Crippen molar-refractivity contribution in [3.05, 3.63) is 41.1 Å². The van der Waals surface area contributed by atoms with E-state index in [4.69, 9.17) is 10.6 Å². The van der Waals surface area contributed by atoms with Crippen LogP contribution in [0.25, 0.3) is 0 Å². The van der Waals surface area contributed by atoms with Crippen LogP contribution in [0.5, 0.6) is 5.75 Å². The fraction of sp³-hybridized carbons (Fsp3) is 0.214. The molecule has 0 radical (unpaired) electrons. The lowest BCUT2D eigenvalue weighted by atomic mass is 10.1. The highest BCUT2D eigenvalue weighted by Gasteiger charge is 2.24. The Morgan fingerprint density at radius 2 is 1.86 bits per heavy atom. The number of hydrogen-bond acceptors (Lipinski definition) is 7. The average molecular weight is 284 g/mol. The Bertz CT molecular complexity index is 710. The third-order valence-corrected chi connectivity index (χ3v) is 3.19. The third kappa shape index (κ3) is 2.38. The summed E-state index contributed by atoms with van der Waals surface area (Å²) in [4.78, 5) is 8.49. The Balaban J connectivity index is 2.02. The molecule has 108 valence electrons. The van der Waals surface area contributed by atoms with E-state index < -0.39 is 0 Å². The van der Waals surface area contributed by atoms with Crippen LogP contribution < -0.4 is 21.0 Å². The SMILES string of the molecule is Cc1ccc(C2=NN(C)c3nc(NN)nc(C)c3O2)cc1. The van der Waals surface area contributed by atoms with Gasteiger partial charge in [0.25, 0.3) is 0 Å². The van der Waals surface area contributed by atoms with Gasteiger partial charge in [-0.1, -0.05) is 17.7 Å². The van der Waals surface area contributed by atoms with Crippen LogP contribution in [-0.4, -0.2) is 22.9 Å². The zero-order valence-corrected chi connectivity index (χ0v) is 12.1. The molecule has 21 heavy (non-hydrogen) atoms. The van der Waals surface area contributed by atoms with E-state index in [0.29, 0.717) is 29.1 Å². The second-order valence-corrected chi connectivity index (χ2v) is 4.83. The molecule has 0 saturated carbocycles. The number of ether oxygens (including phenoxy) is 1. The Morgan fingerprint density at radius 1 is 1.14 bits per heavy atom. The minimum Gasteiger partial charge on any atom is -0.431 e.